The number of carbonyl (C=O) groups excluding carboxylic acids is 2. The summed E-state index contributed by atoms with van der Waals surface area (Å²) in [6, 6.07) is 5.50. The van der Waals surface area contributed by atoms with Gasteiger partial charge in [-0.15, -0.1) is 0 Å². The predicted molar refractivity (Wildman–Crippen MR) is 59.4 cm³/mol. The van der Waals surface area contributed by atoms with Crippen molar-refractivity contribution in [3.63, 3.8) is 0 Å². The number of hydrogen-bond donors (Lipinski definition) is 1. The molecule has 1 amide bonds. The molecule has 0 unspecified atom stereocenters. The van der Waals surface area contributed by atoms with Crippen molar-refractivity contribution in [3.05, 3.63) is 41.0 Å². The van der Waals surface area contributed by atoms with E-state index in [2.05, 4.69) is 0 Å². The third kappa shape index (κ3) is 3.77. The van der Waals surface area contributed by atoms with Crippen LogP contribution in [-0.4, -0.2) is 12.2 Å². The Kier molecular flexibility index (Phi) is 3.80. The second-order valence-corrected chi connectivity index (χ2v) is 3.37. The number of amides is 1. The first-order valence-corrected chi connectivity index (χ1v) is 4.63. The van der Waals surface area contributed by atoms with Crippen LogP contribution in [0.25, 0.3) is 6.08 Å². The van der Waals surface area contributed by atoms with Crippen molar-refractivity contribution in [2.24, 2.45) is 5.73 Å². The molecule has 0 saturated carbocycles. The standard InChI is InChI=1S/C12H13NO2/c1-9-5-10(3-2-4-12(13)15)7-11(6-9)8-14/h2-3,5-8H,4H2,1H3,(H2,13,15). The molecular weight excluding hydrogens is 190 g/mol. The molecule has 3 heteroatoms. The van der Waals surface area contributed by atoms with Gasteiger partial charge in [-0.2, -0.15) is 0 Å². The molecule has 78 valence electrons. The number of aryl methyl sites for hydroxylation is 1. The van der Waals surface area contributed by atoms with Gasteiger partial charge in [0.05, 0.1) is 0 Å². The lowest BCUT2D eigenvalue weighted by Crippen LogP contribution is -2.07. The molecule has 0 heterocycles. The topological polar surface area (TPSA) is 60.2 Å². The third-order valence-electron chi connectivity index (χ3n) is 1.89. The first-order chi connectivity index (χ1) is 7.11. The van der Waals surface area contributed by atoms with Crippen molar-refractivity contribution >= 4 is 18.3 Å². The van der Waals surface area contributed by atoms with Crippen LogP contribution in [-0.2, 0) is 4.79 Å². The van der Waals surface area contributed by atoms with Crippen LogP contribution in [0.5, 0.6) is 0 Å². The maximum absolute atomic E-state index is 10.6. The van der Waals surface area contributed by atoms with Gasteiger partial charge in [-0.25, -0.2) is 0 Å². The van der Waals surface area contributed by atoms with Crippen molar-refractivity contribution in [1.29, 1.82) is 0 Å². The summed E-state index contributed by atoms with van der Waals surface area (Å²) in [6.45, 7) is 1.92. The van der Waals surface area contributed by atoms with E-state index in [1.165, 1.54) is 0 Å². The Balaban J connectivity index is 2.85. The van der Waals surface area contributed by atoms with Gasteiger partial charge in [-0.3, -0.25) is 9.59 Å². The van der Waals surface area contributed by atoms with Gasteiger partial charge in [0, 0.05) is 12.0 Å². The third-order valence-corrected chi connectivity index (χ3v) is 1.89. The molecule has 0 bridgehead atoms. The highest BCUT2D eigenvalue weighted by molar-refractivity contribution is 5.78. The quantitative estimate of drug-likeness (QED) is 0.757. The van der Waals surface area contributed by atoms with Gasteiger partial charge in [0.1, 0.15) is 6.29 Å². The van der Waals surface area contributed by atoms with Gasteiger partial charge >= 0.3 is 0 Å². The smallest absolute Gasteiger partial charge is 0.221 e. The van der Waals surface area contributed by atoms with Crippen molar-refractivity contribution in [1.82, 2.24) is 0 Å². The molecule has 0 fully saturated rings. The van der Waals surface area contributed by atoms with Crippen LogP contribution in [0.1, 0.15) is 27.9 Å². The van der Waals surface area contributed by atoms with Crippen LogP contribution in [0.2, 0.25) is 0 Å². The van der Waals surface area contributed by atoms with Gasteiger partial charge < -0.3 is 5.73 Å². The maximum atomic E-state index is 10.6. The molecule has 1 rings (SSSR count). The zero-order chi connectivity index (χ0) is 11.3. The predicted octanol–water partition coefficient (Wildman–Crippen LogP) is 1.70. The summed E-state index contributed by atoms with van der Waals surface area (Å²) in [6.07, 6.45) is 4.49. The van der Waals surface area contributed by atoms with Crippen LogP contribution in [0.15, 0.2) is 24.3 Å². The van der Waals surface area contributed by atoms with E-state index in [-0.39, 0.29) is 12.3 Å². The molecule has 0 atom stereocenters. The number of rotatable bonds is 4. The highest BCUT2D eigenvalue weighted by Crippen LogP contribution is 2.10. The average Bonchev–Trinajstić information content (AvgIpc) is 2.16. The lowest BCUT2D eigenvalue weighted by Gasteiger charge is -1.98. The summed E-state index contributed by atoms with van der Waals surface area (Å²) in [5.41, 5.74) is 7.54. The van der Waals surface area contributed by atoms with Gasteiger partial charge in [0.2, 0.25) is 5.91 Å². The molecule has 1 aromatic carbocycles. The lowest BCUT2D eigenvalue weighted by atomic mass is 10.1. The van der Waals surface area contributed by atoms with Crippen LogP contribution in [0.3, 0.4) is 0 Å². The van der Waals surface area contributed by atoms with E-state index >= 15 is 0 Å². The van der Waals surface area contributed by atoms with E-state index in [9.17, 15) is 9.59 Å². The Morgan fingerprint density at radius 2 is 2.00 bits per heavy atom. The van der Waals surface area contributed by atoms with Crippen LogP contribution >= 0.6 is 0 Å². The molecule has 1 aromatic rings. The minimum Gasteiger partial charge on any atom is -0.369 e. The molecule has 0 aliphatic rings. The van der Waals surface area contributed by atoms with Crippen LogP contribution in [0, 0.1) is 6.92 Å². The van der Waals surface area contributed by atoms with Crippen molar-refractivity contribution in [2.45, 2.75) is 13.3 Å². The fourth-order valence-corrected chi connectivity index (χ4v) is 1.32. The van der Waals surface area contributed by atoms with Gasteiger partial charge in [0.15, 0.2) is 0 Å². The second kappa shape index (κ2) is 5.10. The highest BCUT2D eigenvalue weighted by Gasteiger charge is 1.95. The SMILES string of the molecule is Cc1cc(C=O)cc(C=CCC(N)=O)c1. The summed E-state index contributed by atoms with van der Waals surface area (Å²) in [4.78, 5) is 21.1. The molecule has 0 aliphatic carbocycles. The molecule has 0 aromatic heterocycles. The van der Waals surface area contributed by atoms with E-state index < -0.39 is 0 Å². The molecule has 0 spiro atoms. The van der Waals surface area contributed by atoms with Crippen LogP contribution in [0.4, 0.5) is 0 Å². The first-order valence-electron chi connectivity index (χ1n) is 4.63. The van der Waals surface area contributed by atoms with Gasteiger partial charge in [-0.1, -0.05) is 18.2 Å². The fraction of sp³-hybridized carbons (Fsp3) is 0.167. The Morgan fingerprint density at radius 3 is 2.60 bits per heavy atom. The van der Waals surface area contributed by atoms with Gasteiger partial charge in [-0.05, 0) is 30.2 Å². The summed E-state index contributed by atoms with van der Waals surface area (Å²) in [7, 11) is 0. The number of aldehydes is 1. The van der Waals surface area contributed by atoms with Crippen molar-refractivity contribution in [3.8, 4) is 0 Å². The maximum Gasteiger partial charge on any atom is 0.221 e. The molecular formula is C12H13NO2. The monoisotopic (exact) mass is 203 g/mol. The number of benzene rings is 1. The molecule has 0 radical (unpaired) electrons. The largest absolute Gasteiger partial charge is 0.369 e. The number of primary amides is 1. The summed E-state index contributed by atoms with van der Waals surface area (Å²) >= 11 is 0. The van der Waals surface area contributed by atoms with E-state index in [0.29, 0.717) is 5.56 Å². The normalized spacial score (nSPS) is 10.5. The first kappa shape index (κ1) is 11.2. The lowest BCUT2D eigenvalue weighted by molar-refractivity contribution is -0.117. The van der Waals surface area contributed by atoms with E-state index in [0.717, 1.165) is 17.4 Å². The highest BCUT2D eigenvalue weighted by atomic mass is 16.1. The molecule has 0 saturated heterocycles. The Morgan fingerprint density at radius 1 is 1.33 bits per heavy atom. The van der Waals surface area contributed by atoms with Crippen molar-refractivity contribution < 1.29 is 9.59 Å². The summed E-state index contributed by atoms with van der Waals surface area (Å²) in [5, 5.41) is 0. The Labute approximate surface area is 88.6 Å². The van der Waals surface area contributed by atoms with E-state index in [4.69, 9.17) is 5.73 Å². The number of carbonyl (C=O) groups is 2. The fourth-order valence-electron chi connectivity index (χ4n) is 1.32. The van der Waals surface area contributed by atoms with Crippen LogP contribution < -0.4 is 5.73 Å². The molecule has 0 aliphatic heterocycles. The number of hydrogen-bond acceptors (Lipinski definition) is 2. The minimum atomic E-state index is -0.366. The molecule has 3 nitrogen and oxygen atoms in total. The summed E-state index contributed by atoms with van der Waals surface area (Å²) < 4.78 is 0. The van der Waals surface area contributed by atoms with E-state index in [1.807, 2.05) is 13.0 Å². The second-order valence-electron chi connectivity index (χ2n) is 3.37. The molecule has 2 N–H and O–H groups in total. The zero-order valence-electron chi connectivity index (χ0n) is 8.57. The Bertz CT molecular complexity index is 408. The number of nitrogens with two attached hydrogens (primary N) is 1. The minimum absolute atomic E-state index is 0.213. The van der Waals surface area contributed by atoms with Crippen molar-refractivity contribution in [2.75, 3.05) is 0 Å². The Hall–Kier alpha value is -1.90. The van der Waals surface area contributed by atoms with Gasteiger partial charge in [0.25, 0.3) is 0 Å². The molecule has 15 heavy (non-hydrogen) atoms. The summed E-state index contributed by atoms with van der Waals surface area (Å²) in [5.74, 6) is -0.366. The van der Waals surface area contributed by atoms with E-state index in [1.54, 1.807) is 24.3 Å². The zero-order valence-corrected chi connectivity index (χ0v) is 8.57. The average molecular weight is 203 g/mol.